The standard InChI is InChI=1S/C16H18F3NO4/c17-16(18,19)13(11-4-2-1-3-5-11)9-14(21)20-6-7-24-10-12(20)8-15(22)23/h1-5,12-13H,6-10H2,(H,22,23). The molecule has 2 rings (SSSR count). The first-order chi connectivity index (χ1) is 11.3. The summed E-state index contributed by atoms with van der Waals surface area (Å²) in [5.41, 5.74) is 0.0152. The zero-order chi connectivity index (χ0) is 17.7. The fourth-order valence-corrected chi connectivity index (χ4v) is 2.75. The number of benzene rings is 1. The van der Waals surface area contributed by atoms with Crippen molar-refractivity contribution in [1.29, 1.82) is 0 Å². The van der Waals surface area contributed by atoms with Crippen LogP contribution >= 0.6 is 0 Å². The van der Waals surface area contributed by atoms with Gasteiger partial charge in [0.25, 0.3) is 0 Å². The molecule has 1 aromatic carbocycles. The number of carboxylic acids is 1. The van der Waals surface area contributed by atoms with Gasteiger partial charge in [-0.1, -0.05) is 30.3 Å². The number of halogens is 3. The summed E-state index contributed by atoms with van der Waals surface area (Å²) >= 11 is 0. The average Bonchev–Trinajstić information content (AvgIpc) is 2.52. The third kappa shape index (κ3) is 4.70. The van der Waals surface area contributed by atoms with Gasteiger partial charge in [0.15, 0.2) is 0 Å². The highest BCUT2D eigenvalue weighted by molar-refractivity contribution is 5.78. The zero-order valence-electron chi connectivity index (χ0n) is 12.8. The van der Waals surface area contributed by atoms with Crippen LogP contribution in [0.5, 0.6) is 0 Å². The van der Waals surface area contributed by atoms with Crippen molar-refractivity contribution in [3.05, 3.63) is 35.9 Å². The van der Waals surface area contributed by atoms with Crippen molar-refractivity contribution in [3.63, 3.8) is 0 Å². The van der Waals surface area contributed by atoms with Gasteiger partial charge in [-0.15, -0.1) is 0 Å². The number of amides is 1. The Balaban J connectivity index is 2.16. The van der Waals surface area contributed by atoms with E-state index in [4.69, 9.17) is 9.84 Å². The Hall–Kier alpha value is -2.09. The molecule has 1 N–H and O–H groups in total. The molecule has 1 aliphatic rings. The van der Waals surface area contributed by atoms with Gasteiger partial charge in [0, 0.05) is 13.0 Å². The molecule has 1 amide bonds. The van der Waals surface area contributed by atoms with Gasteiger partial charge in [0.1, 0.15) is 0 Å². The van der Waals surface area contributed by atoms with E-state index in [2.05, 4.69) is 0 Å². The monoisotopic (exact) mass is 345 g/mol. The maximum absolute atomic E-state index is 13.4. The number of aliphatic carboxylic acids is 1. The number of alkyl halides is 3. The predicted molar refractivity (Wildman–Crippen MR) is 78.4 cm³/mol. The van der Waals surface area contributed by atoms with Gasteiger partial charge in [0.2, 0.25) is 5.91 Å². The number of nitrogens with zero attached hydrogens (tertiary/aromatic N) is 1. The number of morpholine rings is 1. The normalized spacial score (nSPS) is 19.8. The predicted octanol–water partition coefficient (Wildman–Crippen LogP) is 2.42. The van der Waals surface area contributed by atoms with E-state index < -0.39 is 36.4 Å². The van der Waals surface area contributed by atoms with Crippen molar-refractivity contribution in [2.24, 2.45) is 0 Å². The van der Waals surface area contributed by atoms with Crippen molar-refractivity contribution >= 4 is 11.9 Å². The number of rotatable bonds is 5. The Morgan fingerprint density at radius 2 is 1.96 bits per heavy atom. The van der Waals surface area contributed by atoms with E-state index in [1.807, 2.05) is 0 Å². The van der Waals surface area contributed by atoms with E-state index in [-0.39, 0.29) is 31.7 Å². The Morgan fingerprint density at radius 1 is 1.29 bits per heavy atom. The topological polar surface area (TPSA) is 66.8 Å². The van der Waals surface area contributed by atoms with Gasteiger partial charge >= 0.3 is 12.1 Å². The van der Waals surface area contributed by atoms with Crippen molar-refractivity contribution in [3.8, 4) is 0 Å². The summed E-state index contributed by atoms with van der Waals surface area (Å²) in [6.45, 7) is 0.292. The van der Waals surface area contributed by atoms with Crippen LogP contribution < -0.4 is 0 Å². The van der Waals surface area contributed by atoms with Crippen LogP contribution in [0.15, 0.2) is 30.3 Å². The number of carbonyl (C=O) groups excluding carboxylic acids is 1. The van der Waals surface area contributed by atoms with Crippen LogP contribution in [0.25, 0.3) is 0 Å². The molecule has 0 aliphatic carbocycles. The van der Waals surface area contributed by atoms with Crippen LogP contribution in [0.3, 0.4) is 0 Å². The molecule has 1 aliphatic heterocycles. The van der Waals surface area contributed by atoms with Crippen LogP contribution in [0.4, 0.5) is 13.2 Å². The molecule has 0 bridgehead atoms. The molecule has 0 spiro atoms. The third-order valence-electron chi connectivity index (χ3n) is 3.93. The molecule has 2 unspecified atom stereocenters. The summed E-state index contributed by atoms with van der Waals surface area (Å²) in [5.74, 6) is -3.76. The Labute approximate surface area is 137 Å². The summed E-state index contributed by atoms with van der Waals surface area (Å²) in [6.07, 6.45) is -5.66. The van der Waals surface area contributed by atoms with Crippen molar-refractivity contribution in [2.75, 3.05) is 19.8 Å². The lowest BCUT2D eigenvalue weighted by Crippen LogP contribution is -2.50. The van der Waals surface area contributed by atoms with Crippen LogP contribution in [-0.2, 0) is 14.3 Å². The molecule has 0 aromatic heterocycles. The maximum atomic E-state index is 13.4. The second-order valence-electron chi connectivity index (χ2n) is 5.62. The largest absolute Gasteiger partial charge is 0.481 e. The molecule has 1 heterocycles. The van der Waals surface area contributed by atoms with E-state index in [1.165, 1.54) is 29.2 Å². The van der Waals surface area contributed by atoms with Crippen LogP contribution in [0, 0.1) is 0 Å². The van der Waals surface area contributed by atoms with Gasteiger partial charge in [-0.05, 0) is 5.56 Å². The number of hydrogen-bond donors (Lipinski definition) is 1. The Morgan fingerprint density at radius 3 is 2.54 bits per heavy atom. The SMILES string of the molecule is O=C(O)CC1COCCN1C(=O)CC(c1ccccc1)C(F)(F)F. The fourth-order valence-electron chi connectivity index (χ4n) is 2.75. The molecule has 1 saturated heterocycles. The lowest BCUT2D eigenvalue weighted by molar-refractivity contribution is -0.164. The minimum absolute atomic E-state index is 0.0139. The first kappa shape index (κ1) is 18.3. The molecule has 5 nitrogen and oxygen atoms in total. The van der Waals surface area contributed by atoms with Crippen molar-refractivity contribution in [1.82, 2.24) is 4.90 Å². The molecule has 24 heavy (non-hydrogen) atoms. The zero-order valence-corrected chi connectivity index (χ0v) is 12.8. The summed E-state index contributed by atoms with van der Waals surface area (Å²) in [6, 6.07) is 6.50. The third-order valence-corrected chi connectivity index (χ3v) is 3.93. The van der Waals surface area contributed by atoms with Crippen LogP contribution in [0.2, 0.25) is 0 Å². The van der Waals surface area contributed by atoms with Gasteiger partial charge in [-0.25, -0.2) is 0 Å². The minimum Gasteiger partial charge on any atom is -0.481 e. The summed E-state index contributed by atoms with van der Waals surface area (Å²) in [4.78, 5) is 24.5. The molecule has 2 atom stereocenters. The maximum Gasteiger partial charge on any atom is 0.396 e. The van der Waals surface area contributed by atoms with Crippen LogP contribution in [0.1, 0.15) is 24.3 Å². The number of carbonyl (C=O) groups is 2. The second-order valence-corrected chi connectivity index (χ2v) is 5.62. The molecule has 8 heteroatoms. The van der Waals surface area contributed by atoms with Crippen LogP contribution in [-0.4, -0.2) is 53.9 Å². The van der Waals surface area contributed by atoms with Gasteiger partial charge < -0.3 is 14.7 Å². The Bertz CT molecular complexity index is 576. The molecule has 0 saturated carbocycles. The summed E-state index contributed by atoms with van der Waals surface area (Å²) in [7, 11) is 0. The van der Waals surface area contributed by atoms with E-state index in [0.717, 1.165) is 0 Å². The molecule has 0 radical (unpaired) electrons. The molecule has 132 valence electrons. The molecule has 1 fully saturated rings. The average molecular weight is 345 g/mol. The molecular formula is C16H18F3NO4. The van der Waals surface area contributed by atoms with E-state index in [1.54, 1.807) is 6.07 Å². The highest BCUT2D eigenvalue weighted by Gasteiger charge is 2.43. The lowest BCUT2D eigenvalue weighted by Gasteiger charge is -2.36. The molecule has 1 aromatic rings. The van der Waals surface area contributed by atoms with E-state index >= 15 is 0 Å². The quantitative estimate of drug-likeness (QED) is 0.890. The fraction of sp³-hybridized carbons (Fsp3) is 0.500. The second kappa shape index (κ2) is 7.65. The number of ether oxygens (including phenoxy) is 1. The molecular weight excluding hydrogens is 327 g/mol. The summed E-state index contributed by atoms with van der Waals surface area (Å²) in [5, 5.41) is 8.88. The smallest absolute Gasteiger partial charge is 0.396 e. The Kier molecular flexibility index (Phi) is 5.82. The minimum atomic E-state index is -4.56. The highest BCUT2D eigenvalue weighted by atomic mass is 19.4. The lowest BCUT2D eigenvalue weighted by atomic mass is 9.94. The van der Waals surface area contributed by atoms with E-state index in [9.17, 15) is 22.8 Å². The summed E-state index contributed by atoms with van der Waals surface area (Å²) < 4.78 is 45.2. The van der Waals surface area contributed by atoms with Gasteiger partial charge in [-0.2, -0.15) is 13.2 Å². The van der Waals surface area contributed by atoms with Gasteiger partial charge in [-0.3, -0.25) is 9.59 Å². The van der Waals surface area contributed by atoms with Crippen molar-refractivity contribution in [2.45, 2.75) is 31.0 Å². The van der Waals surface area contributed by atoms with E-state index in [0.29, 0.717) is 0 Å². The number of carboxylic acid groups (broad SMARTS) is 1. The first-order valence-corrected chi connectivity index (χ1v) is 7.49. The van der Waals surface area contributed by atoms with Crippen molar-refractivity contribution < 1.29 is 32.6 Å². The number of hydrogen-bond acceptors (Lipinski definition) is 3. The van der Waals surface area contributed by atoms with Gasteiger partial charge in [0.05, 0.1) is 31.6 Å². The highest BCUT2D eigenvalue weighted by Crippen LogP contribution is 2.38. The first-order valence-electron chi connectivity index (χ1n) is 7.49.